The van der Waals surface area contributed by atoms with Gasteiger partial charge in [-0.3, -0.25) is 9.59 Å². The van der Waals surface area contributed by atoms with Crippen molar-refractivity contribution in [2.45, 2.75) is 26.7 Å². The lowest BCUT2D eigenvalue weighted by molar-refractivity contribution is -0.116. The monoisotopic (exact) mass is 326 g/mol. The number of ether oxygens (including phenoxy) is 1. The average molecular weight is 326 g/mol. The van der Waals surface area contributed by atoms with Gasteiger partial charge in [0.05, 0.1) is 12.8 Å². The summed E-state index contributed by atoms with van der Waals surface area (Å²) in [6.45, 7) is 3.47. The molecule has 5 nitrogen and oxygen atoms in total. The fourth-order valence-corrected chi connectivity index (χ4v) is 2.31. The van der Waals surface area contributed by atoms with Gasteiger partial charge in [0.2, 0.25) is 11.8 Å². The Bertz CT molecular complexity index is 724. The van der Waals surface area contributed by atoms with Gasteiger partial charge in [-0.1, -0.05) is 29.8 Å². The normalized spacial score (nSPS) is 10.1. The first-order chi connectivity index (χ1) is 11.5. The van der Waals surface area contributed by atoms with Crippen LogP contribution in [0.4, 0.5) is 11.4 Å². The zero-order valence-corrected chi connectivity index (χ0v) is 14.2. The first-order valence-corrected chi connectivity index (χ1v) is 7.79. The van der Waals surface area contributed by atoms with E-state index in [1.807, 2.05) is 31.2 Å². The van der Waals surface area contributed by atoms with E-state index in [4.69, 9.17) is 4.74 Å². The van der Waals surface area contributed by atoms with E-state index in [1.54, 1.807) is 18.2 Å². The molecular weight excluding hydrogens is 304 g/mol. The summed E-state index contributed by atoms with van der Waals surface area (Å²) in [5.41, 5.74) is 3.47. The molecule has 0 unspecified atom stereocenters. The fraction of sp³-hybridized carbons (Fsp3) is 0.263. The number of nitrogens with one attached hydrogen (secondary N) is 2. The van der Waals surface area contributed by atoms with Gasteiger partial charge in [-0.05, 0) is 37.1 Å². The number of benzene rings is 2. The van der Waals surface area contributed by atoms with Crippen molar-refractivity contribution in [3.8, 4) is 5.75 Å². The van der Waals surface area contributed by atoms with Crippen molar-refractivity contribution in [3.05, 3.63) is 53.6 Å². The van der Waals surface area contributed by atoms with E-state index < -0.39 is 0 Å². The second-order valence-electron chi connectivity index (χ2n) is 5.63. The van der Waals surface area contributed by atoms with Gasteiger partial charge >= 0.3 is 0 Å². The molecule has 0 saturated carbocycles. The molecule has 5 heteroatoms. The van der Waals surface area contributed by atoms with Crippen LogP contribution in [0.3, 0.4) is 0 Å². The number of methoxy groups -OCH3 is 1. The summed E-state index contributed by atoms with van der Waals surface area (Å²) in [5.74, 6) is 0.276. The zero-order chi connectivity index (χ0) is 17.5. The predicted molar refractivity (Wildman–Crippen MR) is 95.4 cm³/mol. The number of aryl methyl sites for hydroxylation is 2. The van der Waals surface area contributed by atoms with Crippen LogP contribution in [-0.2, 0) is 16.0 Å². The summed E-state index contributed by atoms with van der Waals surface area (Å²) in [4.78, 5) is 23.4. The summed E-state index contributed by atoms with van der Waals surface area (Å²) in [6.07, 6.45) is 1.04. The second kappa shape index (κ2) is 8.15. The van der Waals surface area contributed by atoms with Gasteiger partial charge in [-0.2, -0.15) is 0 Å². The topological polar surface area (TPSA) is 67.4 Å². The highest BCUT2D eigenvalue weighted by Crippen LogP contribution is 2.28. The average Bonchev–Trinajstić information content (AvgIpc) is 2.54. The minimum Gasteiger partial charge on any atom is -0.495 e. The van der Waals surface area contributed by atoms with Crippen molar-refractivity contribution in [1.82, 2.24) is 0 Å². The van der Waals surface area contributed by atoms with Crippen LogP contribution in [0.15, 0.2) is 42.5 Å². The maximum absolute atomic E-state index is 12.2. The first kappa shape index (κ1) is 17.5. The van der Waals surface area contributed by atoms with E-state index in [9.17, 15) is 9.59 Å². The quantitative estimate of drug-likeness (QED) is 0.853. The Kier molecular flexibility index (Phi) is 5.95. The number of anilines is 2. The second-order valence-corrected chi connectivity index (χ2v) is 5.63. The number of carbonyl (C=O) groups is 2. The summed E-state index contributed by atoms with van der Waals surface area (Å²) in [5, 5.41) is 5.53. The van der Waals surface area contributed by atoms with Crippen LogP contribution in [0, 0.1) is 6.92 Å². The molecule has 0 aliphatic heterocycles. The standard InChI is InChI=1S/C19H22N2O3/c1-13-4-6-15(7-5-13)8-11-19(23)21-17-12-16(20-14(2)22)9-10-18(17)24-3/h4-7,9-10,12H,8,11H2,1-3H3,(H,20,22)(H,21,23). The van der Waals surface area contributed by atoms with Crippen LogP contribution in [0.2, 0.25) is 0 Å². The Labute approximate surface area is 142 Å². The van der Waals surface area contributed by atoms with Gasteiger partial charge in [0.25, 0.3) is 0 Å². The molecule has 0 spiro atoms. The van der Waals surface area contributed by atoms with Crippen LogP contribution in [0.1, 0.15) is 24.5 Å². The molecule has 0 heterocycles. The summed E-state index contributed by atoms with van der Waals surface area (Å²) >= 11 is 0. The molecule has 0 aliphatic carbocycles. The Morgan fingerprint density at radius 1 is 1.04 bits per heavy atom. The summed E-state index contributed by atoms with van der Waals surface area (Å²) in [6, 6.07) is 13.2. The van der Waals surface area contributed by atoms with Gasteiger partial charge in [-0.15, -0.1) is 0 Å². The molecule has 0 aromatic heterocycles. The van der Waals surface area contributed by atoms with Crippen LogP contribution in [0.25, 0.3) is 0 Å². The van der Waals surface area contributed by atoms with Crippen molar-refractivity contribution in [3.63, 3.8) is 0 Å². The van der Waals surface area contributed by atoms with E-state index in [0.717, 1.165) is 5.56 Å². The van der Waals surface area contributed by atoms with Crippen LogP contribution in [0.5, 0.6) is 5.75 Å². The van der Waals surface area contributed by atoms with Gasteiger partial charge in [0, 0.05) is 19.0 Å². The Morgan fingerprint density at radius 2 is 1.75 bits per heavy atom. The molecule has 2 aromatic rings. The maximum atomic E-state index is 12.2. The predicted octanol–water partition coefficient (Wildman–Crippen LogP) is 3.53. The van der Waals surface area contributed by atoms with Crippen LogP contribution in [-0.4, -0.2) is 18.9 Å². The maximum Gasteiger partial charge on any atom is 0.224 e. The van der Waals surface area contributed by atoms with Crippen LogP contribution < -0.4 is 15.4 Å². The van der Waals surface area contributed by atoms with Gasteiger partial charge in [0.1, 0.15) is 5.75 Å². The molecule has 2 aromatic carbocycles. The first-order valence-electron chi connectivity index (χ1n) is 7.79. The van der Waals surface area contributed by atoms with Gasteiger partial charge in [0.15, 0.2) is 0 Å². The molecule has 0 atom stereocenters. The molecule has 0 radical (unpaired) electrons. The van der Waals surface area contributed by atoms with E-state index in [2.05, 4.69) is 10.6 Å². The minimum atomic E-state index is -0.170. The molecule has 2 amide bonds. The van der Waals surface area contributed by atoms with Crippen molar-refractivity contribution >= 4 is 23.2 Å². The Balaban J connectivity index is 2.01. The van der Waals surface area contributed by atoms with Crippen molar-refractivity contribution in [1.29, 1.82) is 0 Å². The van der Waals surface area contributed by atoms with Crippen molar-refractivity contribution in [2.75, 3.05) is 17.7 Å². The van der Waals surface area contributed by atoms with Crippen LogP contribution >= 0.6 is 0 Å². The van der Waals surface area contributed by atoms with E-state index in [0.29, 0.717) is 30.0 Å². The lowest BCUT2D eigenvalue weighted by Gasteiger charge is -2.12. The summed E-state index contributed by atoms with van der Waals surface area (Å²) in [7, 11) is 1.54. The fourth-order valence-electron chi connectivity index (χ4n) is 2.31. The van der Waals surface area contributed by atoms with E-state index in [1.165, 1.54) is 19.6 Å². The molecule has 0 bridgehead atoms. The number of hydrogen-bond donors (Lipinski definition) is 2. The smallest absolute Gasteiger partial charge is 0.224 e. The molecule has 24 heavy (non-hydrogen) atoms. The van der Waals surface area contributed by atoms with Crippen molar-refractivity contribution < 1.29 is 14.3 Å². The highest BCUT2D eigenvalue weighted by atomic mass is 16.5. The number of rotatable bonds is 6. The number of carbonyl (C=O) groups excluding carboxylic acids is 2. The lowest BCUT2D eigenvalue weighted by atomic mass is 10.1. The van der Waals surface area contributed by atoms with Gasteiger partial charge in [-0.25, -0.2) is 0 Å². The molecule has 2 rings (SSSR count). The number of hydrogen-bond acceptors (Lipinski definition) is 3. The molecule has 126 valence electrons. The largest absolute Gasteiger partial charge is 0.495 e. The van der Waals surface area contributed by atoms with Gasteiger partial charge < -0.3 is 15.4 Å². The molecule has 0 saturated heterocycles. The minimum absolute atomic E-state index is 0.103. The van der Waals surface area contributed by atoms with E-state index in [-0.39, 0.29) is 11.8 Å². The SMILES string of the molecule is COc1ccc(NC(C)=O)cc1NC(=O)CCc1ccc(C)cc1. The number of amides is 2. The highest BCUT2D eigenvalue weighted by Gasteiger charge is 2.09. The molecular formula is C19H22N2O3. The third kappa shape index (κ3) is 5.12. The highest BCUT2D eigenvalue weighted by molar-refractivity contribution is 5.95. The lowest BCUT2D eigenvalue weighted by Crippen LogP contribution is -2.14. The Morgan fingerprint density at radius 3 is 2.38 bits per heavy atom. The third-order valence-corrected chi connectivity index (χ3v) is 3.56. The van der Waals surface area contributed by atoms with E-state index >= 15 is 0 Å². The molecule has 0 fully saturated rings. The molecule has 0 aliphatic rings. The zero-order valence-electron chi connectivity index (χ0n) is 14.2. The molecule has 2 N–H and O–H groups in total. The Hall–Kier alpha value is -2.82. The third-order valence-electron chi connectivity index (χ3n) is 3.56. The summed E-state index contributed by atoms with van der Waals surface area (Å²) < 4.78 is 5.25. The van der Waals surface area contributed by atoms with Crippen molar-refractivity contribution in [2.24, 2.45) is 0 Å².